The smallest absolute Gasteiger partial charge is 0.317 e. The van der Waals surface area contributed by atoms with E-state index >= 15 is 0 Å². The zero-order valence-corrected chi connectivity index (χ0v) is 16.1. The lowest BCUT2D eigenvalue weighted by Gasteiger charge is -2.28. The van der Waals surface area contributed by atoms with E-state index in [0.29, 0.717) is 18.8 Å². The second-order valence-corrected chi connectivity index (χ2v) is 6.45. The molecule has 6 nitrogen and oxygen atoms in total. The normalized spacial score (nSPS) is 11.5. The van der Waals surface area contributed by atoms with Crippen LogP contribution in [-0.4, -0.2) is 43.6 Å². The summed E-state index contributed by atoms with van der Waals surface area (Å²) in [5.74, 6) is -0.126. The van der Waals surface area contributed by atoms with Gasteiger partial charge in [-0.05, 0) is 29.7 Å². The molecular weight excluding hydrogens is 342 g/mol. The summed E-state index contributed by atoms with van der Waals surface area (Å²) in [6.07, 6.45) is 0.719. The summed E-state index contributed by atoms with van der Waals surface area (Å²) in [4.78, 5) is 25.4. The molecule has 0 saturated carbocycles. The van der Waals surface area contributed by atoms with Gasteiger partial charge in [-0.15, -0.1) is 0 Å². The number of urea groups is 1. The molecule has 0 aromatic heterocycles. The number of amides is 3. The van der Waals surface area contributed by atoms with E-state index in [4.69, 9.17) is 4.74 Å². The third-order valence-electron chi connectivity index (χ3n) is 4.23. The number of carbonyl (C=O) groups is 2. The zero-order valence-electron chi connectivity index (χ0n) is 16.1. The highest BCUT2D eigenvalue weighted by atomic mass is 16.5. The van der Waals surface area contributed by atoms with E-state index in [0.717, 1.165) is 17.5 Å². The summed E-state index contributed by atoms with van der Waals surface area (Å²) in [6, 6.07) is 17.2. The molecule has 2 aromatic carbocycles. The van der Waals surface area contributed by atoms with Crippen molar-refractivity contribution in [1.82, 2.24) is 10.2 Å². The molecule has 27 heavy (non-hydrogen) atoms. The molecule has 6 heteroatoms. The van der Waals surface area contributed by atoms with E-state index in [1.54, 1.807) is 19.1 Å². The Morgan fingerprint density at radius 2 is 1.78 bits per heavy atom. The van der Waals surface area contributed by atoms with Crippen LogP contribution in [0.2, 0.25) is 0 Å². The Morgan fingerprint density at radius 1 is 1.07 bits per heavy atom. The van der Waals surface area contributed by atoms with Gasteiger partial charge in [0.25, 0.3) is 0 Å². The summed E-state index contributed by atoms with van der Waals surface area (Å²) in [5, 5.41) is 5.66. The van der Waals surface area contributed by atoms with E-state index in [1.165, 1.54) is 6.92 Å². The SMILES string of the molecule is COCC(Cc1ccccc1)N(C)C(=O)NCc1cccc(NC(C)=O)c1. The predicted octanol–water partition coefficient (Wildman–Crippen LogP) is 3.04. The Kier molecular flexibility index (Phi) is 7.82. The largest absolute Gasteiger partial charge is 0.383 e. The second kappa shape index (κ2) is 10.3. The monoisotopic (exact) mass is 369 g/mol. The Hall–Kier alpha value is -2.86. The second-order valence-electron chi connectivity index (χ2n) is 6.45. The Bertz CT molecular complexity index is 749. The summed E-state index contributed by atoms with van der Waals surface area (Å²) in [7, 11) is 3.41. The molecule has 0 aliphatic heterocycles. The Balaban J connectivity index is 1.95. The lowest BCUT2D eigenvalue weighted by atomic mass is 10.1. The maximum absolute atomic E-state index is 12.6. The number of nitrogens with one attached hydrogen (secondary N) is 2. The Labute approximate surface area is 160 Å². The fourth-order valence-electron chi connectivity index (χ4n) is 2.82. The van der Waals surface area contributed by atoms with E-state index < -0.39 is 0 Å². The average molecular weight is 369 g/mol. The Morgan fingerprint density at radius 3 is 2.44 bits per heavy atom. The van der Waals surface area contributed by atoms with Crippen molar-refractivity contribution in [3.8, 4) is 0 Å². The standard InChI is InChI=1S/C21H27N3O3/c1-16(25)23-19-11-7-10-18(12-19)14-22-21(26)24(2)20(15-27-3)13-17-8-5-4-6-9-17/h4-12,20H,13-15H2,1-3H3,(H,22,26)(H,23,25). The van der Waals surface area contributed by atoms with Crippen LogP contribution in [0.3, 0.4) is 0 Å². The maximum Gasteiger partial charge on any atom is 0.317 e. The predicted molar refractivity (Wildman–Crippen MR) is 107 cm³/mol. The molecule has 144 valence electrons. The van der Waals surface area contributed by atoms with Gasteiger partial charge in [-0.25, -0.2) is 4.79 Å². The van der Waals surface area contributed by atoms with Gasteiger partial charge in [0, 0.05) is 33.3 Å². The molecule has 0 heterocycles. The minimum atomic E-state index is -0.169. The number of hydrogen-bond donors (Lipinski definition) is 2. The van der Waals surface area contributed by atoms with Crippen molar-refractivity contribution in [3.05, 3.63) is 65.7 Å². The summed E-state index contributed by atoms with van der Waals surface area (Å²) < 4.78 is 5.30. The van der Waals surface area contributed by atoms with Gasteiger partial charge in [-0.2, -0.15) is 0 Å². The molecule has 1 atom stereocenters. The van der Waals surface area contributed by atoms with Crippen molar-refractivity contribution < 1.29 is 14.3 Å². The van der Waals surface area contributed by atoms with Crippen molar-refractivity contribution in [3.63, 3.8) is 0 Å². The van der Waals surface area contributed by atoms with Crippen LogP contribution < -0.4 is 10.6 Å². The average Bonchev–Trinajstić information content (AvgIpc) is 2.66. The molecule has 0 radical (unpaired) electrons. The number of rotatable bonds is 8. The minimum absolute atomic E-state index is 0.0666. The van der Waals surface area contributed by atoms with Gasteiger partial charge in [0.15, 0.2) is 0 Å². The summed E-state index contributed by atoms with van der Waals surface area (Å²) in [5.41, 5.74) is 2.78. The van der Waals surface area contributed by atoms with Crippen molar-refractivity contribution >= 4 is 17.6 Å². The van der Waals surface area contributed by atoms with Gasteiger partial charge in [0.05, 0.1) is 12.6 Å². The number of carbonyl (C=O) groups excluding carboxylic acids is 2. The third kappa shape index (κ3) is 6.75. The molecule has 0 bridgehead atoms. The summed E-state index contributed by atoms with van der Waals surface area (Å²) >= 11 is 0. The van der Waals surface area contributed by atoms with Gasteiger partial charge in [-0.3, -0.25) is 4.79 Å². The highest BCUT2D eigenvalue weighted by molar-refractivity contribution is 5.88. The molecular formula is C21H27N3O3. The quantitative estimate of drug-likeness (QED) is 0.751. The van der Waals surface area contributed by atoms with Crippen LogP contribution in [-0.2, 0) is 22.5 Å². The number of anilines is 1. The van der Waals surface area contributed by atoms with E-state index in [2.05, 4.69) is 10.6 Å². The van der Waals surface area contributed by atoms with E-state index in [1.807, 2.05) is 54.6 Å². The number of ether oxygens (including phenoxy) is 1. The number of methoxy groups -OCH3 is 1. The van der Waals surface area contributed by atoms with Crippen LogP contribution in [0.4, 0.5) is 10.5 Å². The maximum atomic E-state index is 12.6. The van der Waals surface area contributed by atoms with Crippen molar-refractivity contribution in [1.29, 1.82) is 0 Å². The number of hydrogen-bond acceptors (Lipinski definition) is 3. The molecule has 0 aliphatic rings. The fraction of sp³-hybridized carbons (Fsp3) is 0.333. The number of nitrogens with zero attached hydrogens (tertiary/aromatic N) is 1. The molecule has 3 amide bonds. The van der Waals surface area contributed by atoms with E-state index in [9.17, 15) is 9.59 Å². The molecule has 0 aliphatic carbocycles. The molecule has 2 rings (SSSR count). The molecule has 2 N–H and O–H groups in total. The number of benzene rings is 2. The van der Waals surface area contributed by atoms with Crippen LogP contribution in [0, 0.1) is 0 Å². The lowest BCUT2D eigenvalue weighted by molar-refractivity contribution is -0.114. The van der Waals surface area contributed by atoms with Crippen LogP contribution in [0.1, 0.15) is 18.1 Å². The van der Waals surface area contributed by atoms with Gasteiger partial charge in [0.2, 0.25) is 5.91 Å². The molecule has 1 unspecified atom stereocenters. The highest BCUT2D eigenvalue weighted by Gasteiger charge is 2.20. The first-order chi connectivity index (χ1) is 13.0. The topological polar surface area (TPSA) is 70.7 Å². The first kappa shape index (κ1) is 20.5. The zero-order chi connectivity index (χ0) is 19.6. The first-order valence-electron chi connectivity index (χ1n) is 8.89. The molecule has 2 aromatic rings. The van der Waals surface area contributed by atoms with Crippen LogP contribution >= 0.6 is 0 Å². The number of likely N-dealkylation sites (N-methyl/N-ethyl adjacent to an activating group) is 1. The fourth-order valence-corrected chi connectivity index (χ4v) is 2.82. The van der Waals surface area contributed by atoms with E-state index in [-0.39, 0.29) is 18.0 Å². The molecule has 0 saturated heterocycles. The van der Waals surface area contributed by atoms with Gasteiger partial charge in [-0.1, -0.05) is 42.5 Å². The minimum Gasteiger partial charge on any atom is -0.383 e. The van der Waals surface area contributed by atoms with Crippen molar-refractivity contribution in [2.45, 2.75) is 25.9 Å². The van der Waals surface area contributed by atoms with Gasteiger partial charge in [0.1, 0.15) is 0 Å². The van der Waals surface area contributed by atoms with Crippen LogP contribution in [0.5, 0.6) is 0 Å². The van der Waals surface area contributed by atoms with Gasteiger partial charge < -0.3 is 20.3 Å². The molecule has 0 fully saturated rings. The molecule has 0 spiro atoms. The lowest BCUT2D eigenvalue weighted by Crippen LogP contribution is -2.46. The van der Waals surface area contributed by atoms with Crippen molar-refractivity contribution in [2.24, 2.45) is 0 Å². The third-order valence-corrected chi connectivity index (χ3v) is 4.23. The van der Waals surface area contributed by atoms with Crippen LogP contribution in [0.25, 0.3) is 0 Å². The van der Waals surface area contributed by atoms with Gasteiger partial charge >= 0.3 is 6.03 Å². The first-order valence-corrected chi connectivity index (χ1v) is 8.89. The highest BCUT2D eigenvalue weighted by Crippen LogP contribution is 2.12. The van der Waals surface area contributed by atoms with Crippen LogP contribution in [0.15, 0.2) is 54.6 Å². The summed E-state index contributed by atoms with van der Waals surface area (Å²) in [6.45, 7) is 2.30. The van der Waals surface area contributed by atoms with Crippen molar-refractivity contribution in [2.75, 3.05) is 26.1 Å².